The fraction of sp³-hybridized carbons (Fsp3) is 0.667. The number of hydrogen-bond acceptors (Lipinski definition) is 0. The summed E-state index contributed by atoms with van der Waals surface area (Å²) in [5.74, 6) is 0. The van der Waals surface area contributed by atoms with Crippen LogP contribution in [0.25, 0.3) is 0 Å². The van der Waals surface area contributed by atoms with Gasteiger partial charge in [-0.2, -0.15) is 11.1 Å². The van der Waals surface area contributed by atoms with E-state index in [1.807, 2.05) is 0 Å². The Morgan fingerprint density at radius 1 is 1.23 bits per heavy atom. The molecule has 0 heterocycles. The molecule has 0 aromatic heterocycles. The molecule has 1 aliphatic carbocycles. The topological polar surface area (TPSA) is 0 Å². The van der Waals surface area contributed by atoms with E-state index < -0.39 is 0 Å². The minimum atomic E-state index is 0. The molecule has 0 saturated heterocycles. The van der Waals surface area contributed by atoms with Gasteiger partial charge in [0.1, 0.15) is 0 Å². The van der Waals surface area contributed by atoms with E-state index in [1.54, 1.807) is 0 Å². The van der Waals surface area contributed by atoms with Gasteiger partial charge in [0.25, 0.3) is 0 Å². The van der Waals surface area contributed by atoms with Crippen molar-refractivity contribution in [2.75, 3.05) is 0 Å². The first-order valence-corrected chi connectivity index (χ1v) is 4.81. The number of allylic oxidation sites excluding steroid dienone is 4. The van der Waals surface area contributed by atoms with E-state index in [4.69, 9.17) is 0 Å². The first kappa shape index (κ1) is 14.1. The average Bonchev–Trinajstić information content (AvgIpc) is 2.16. The van der Waals surface area contributed by atoms with E-state index in [9.17, 15) is 0 Å². The zero-order valence-corrected chi connectivity index (χ0v) is 13.0. The van der Waals surface area contributed by atoms with Gasteiger partial charge in [0, 0.05) is 0 Å². The normalized spacial score (nSPS) is 19.9. The van der Waals surface area contributed by atoms with Gasteiger partial charge in [-0.1, -0.05) is 46.0 Å². The molecule has 0 aromatic carbocycles. The van der Waals surface area contributed by atoms with Gasteiger partial charge in [0.2, 0.25) is 0 Å². The smallest absolute Gasteiger partial charge is 0.263 e. The monoisotopic (exact) mass is 202 g/mol. The van der Waals surface area contributed by atoms with Gasteiger partial charge in [0.05, 0.1) is 0 Å². The molecule has 0 aromatic rings. The van der Waals surface area contributed by atoms with E-state index in [-0.39, 0.29) is 56.8 Å². The van der Waals surface area contributed by atoms with Gasteiger partial charge in [0.15, 0.2) is 0 Å². The summed E-state index contributed by atoms with van der Waals surface area (Å²) < 4.78 is 0. The third-order valence-electron chi connectivity index (χ3n) is 2.92. The van der Waals surface area contributed by atoms with Crippen LogP contribution >= 0.6 is 0 Å². The molecular weight excluding hydrogens is 183 g/mol. The second-order valence-corrected chi connectivity index (χ2v) is 4.23. The fourth-order valence-electron chi connectivity index (χ4n) is 1.76. The van der Waals surface area contributed by atoms with Gasteiger partial charge in [-0.05, 0) is 0 Å². The first-order valence-electron chi connectivity index (χ1n) is 4.81. The molecule has 1 rings (SSSR count). The summed E-state index contributed by atoms with van der Waals surface area (Å²) in [6.45, 7) is 11.2. The third kappa shape index (κ3) is 3.03. The van der Waals surface area contributed by atoms with Crippen LogP contribution in [0.2, 0.25) is 0 Å². The molecule has 0 bridgehead atoms. The summed E-state index contributed by atoms with van der Waals surface area (Å²) in [5, 5.41) is 0. The van der Waals surface area contributed by atoms with Crippen molar-refractivity contribution in [2.45, 2.75) is 47.5 Å². The Kier molecular flexibility index (Phi) is 5.72. The molecule has 1 aliphatic rings. The van der Waals surface area contributed by atoms with Crippen molar-refractivity contribution in [2.24, 2.45) is 5.41 Å². The van der Waals surface area contributed by atoms with Gasteiger partial charge < -0.3 is 0 Å². The van der Waals surface area contributed by atoms with Crippen molar-refractivity contribution in [1.82, 2.24) is 0 Å². The summed E-state index contributed by atoms with van der Waals surface area (Å²) in [6, 6.07) is 0. The van der Waals surface area contributed by atoms with Crippen molar-refractivity contribution in [3.05, 3.63) is 22.8 Å². The standard InChI is InChI=1S/C12H19.K/c1-6-7-11-8-12(4,5)10(3)9(11)2;/h6-7H2,1-5H3;/q-1;+1. The van der Waals surface area contributed by atoms with E-state index in [2.05, 4.69) is 40.7 Å². The van der Waals surface area contributed by atoms with Gasteiger partial charge in [-0.15, -0.1) is 6.92 Å². The molecular formula is C12H19K. The Labute approximate surface area is 125 Å². The summed E-state index contributed by atoms with van der Waals surface area (Å²) >= 11 is 0. The summed E-state index contributed by atoms with van der Waals surface area (Å²) in [6.07, 6.45) is 5.99. The molecule has 0 radical (unpaired) electrons. The van der Waals surface area contributed by atoms with E-state index >= 15 is 0 Å². The number of rotatable bonds is 2. The average molecular weight is 202 g/mol. The molecule has 68 valence electrons. The molecule has 0 spiro atoms. The molecule has 0 fully saturated rings. The van der Waals surface area contributed by atoms with Crippen molar-refractivity contribution in [3.63, 3.8) is 0 Å². The quantitative estimate of drug-likeness (QED) is 0.461. The SMILES string of the molecule is CCCC1=[C-]C(C)(C)C(C)=C1C.[K+]. The molecule has 0 N–H and O–H groups in total. The maximum Gasteiger partial charge on any atom is 1.00 e. The van der Waals surface area contributed by atoms with E-state index in [0.717, 1.165) is 0 Å². The van der Waals surface area contributed by atoms with Crippen LogP contribution in [0.5, 0.6) is 0 Å². The van der Waals surface area contributed by atoms with Crippen LogP contribution in [0.4, 0.5) is 0 Å². The summed E-state index contributed by atoms with van der Waals surface area (Å²) in [7, 11) is 0. The predicted octanol–water partition coefficient (Wildman–Crippen LogP) is 0.896. The molecule has 13 heavy (non-hydrogen) atoms. The Balaban J connectivity index is 0.00000144. The molecule has 0 atom stereocenters. The third-order valence-corrected chi connectivity index (χ3v) is 2.92. The minimum Gasteiger partial charge on any atom is -0.263 e. The van der Waals surface area contributed by atoms with Crippen LogP contribution in [-0.2, 0) is 0 Å². The second-order valence-electron chi connectivity index (χ2n) is 4.23. The second kappa shape index (κ2) is 5.27. The Hall–Kier alpha value is 1.12. The molecule has 0 nitrogen and oxygen atoms in total. The predicted molar refractivity (Wildman–Crippen MR) is 53.8 cm³/mol. The Morgan fingerprint density at radius 2 is 1.77 bits per heavy atom. The maximum absolute atomic E-state index is 3.57. The zero-order valence-electron chi connectivity index (χ0n) is 9.91. The van der Waals surface area contributed by atoms with Crippen LogP contribution in [0.1, 0.15) is 47.5 Å². The van der Waals surface area contributed by atoms with Crippen LogP contribution < -0.4 is 51.4 Å². The molecule has 0 unspecified atom stereocenters. The van der Waals surface area contributed by atoms with Crippen molar-refractivity contribution < 1.29 is 51.4 Å². The van der Waals surface area contributed by atoms with Crippen molar-refractivity contribution >= 4 is 0 Å². The van der Waals surface area contributed by atoms with Crippen molar-refractivity contribution in [1.29, 1.82) is 0 Å². The number of hydrogen-bond donors (Lipinski definition) is 0. The summed E-state index contributed by atoms with van der Waals surface area (Å²) in [4.78, 5) is 0. The van der Waals surface area contributed by atoms with Crippen LogP contribution in [0, 0.1) is 11.5 Å². The Bertz CT molecular complexity index is 244. The van der Waals surface area contributed by atoms with Crippen molar-refractivity contribution in [3.8, 4) is 0 Å². The zero-order chi connectivity index (χ0) is 9.35. The van der Waals surface area contributed by atoms with Crippen LogP contribution in [0.15, 0.2) is 16.7 Å². The minimum absolute atomic E-state index is 0. The van der Waals surface area contributed by atoms with E-state index in [1.165, 1.54) is 29.6 Å². The van der Waals surface area contributed by atoms with Gasteiger partial charge >= 0.3 is 51.4 Å². The first-order chi connectivity index (χ1) is 5.49. The molecule has 1 heteroatoms. The molecule has 0 amide bonds. The van der Waals surface area contributed by atoms with Crippen LogP contribution in [0.3, 0.4) is 0 Å². The molecule has 0 saturated carbocycles. The largest absolute Gasteiger partial charge is 1.00 e. The summed E-state index contributed by atoms with van der Waals surface area (Å²) in [5.41, 5.74) is 4.60. The Morgan fingerprint density at radius 3 is 2.08 bits per heavy atom. The maximum atomic E-state index is 3.57. The van der Waals surface area contributed by atoms with Gasteiger partial charge in [-0.25, -0.2) is 5.57 Å². The molecule has 0 aliphatic heterocycles. The van der Waals surface area contributed by atoms with E-state index in [0.29, 0.717) is 0 Å². The fourth-order valence-corrected chi connectivity index (χ4v) is 1.76. The van der Waals surface area contributed by atoms with Crippen LogP contribution in [-0.4, -0.2) is 0 Å². The van der Waals surface area contributed by atoms with Gasteiger partial charge in [-0.3, -0.25) is 6.08 Å².